The SMILES string of the molecule is CS(=O)(=O)Nc1cccc2c1CCCN2CCOc1cccc(C#N)c1. The molecular formula is C19H21N3O3S. The molecule has 0 aromatic heterocycles. The van der Waals surface area contributed by atoms with Gasteiger partial charge in [-0.25, -0.2) is 8.42 Å². The monoisotopic (exact) mass is 371 g/mol. The van der Waals surface area contributed by atoms with E-state index in [1.165, 1.54) is 0 Å². The molecule has 2 aromatic carbocycles. The van der Waals surface area contributed by atoms with E-state index in [9.17, 15) is 8.42 Å². The van der Waals surface area contributed by atoms with E-state index in [-0.39, 0.29) is 0 Å². The van der Waals surface area contributed by atoms with Crippen molar-refractivity contribution in [1.82, 2.24) is 0 Å². The van der Waals surface area contributed by atoms with Gasteiger partial charge in [0.1, 0.15) is 12.4 Å². The predicted molar refractivity (Wildman–Crippen MR) is 102 cm³/mol. The van der Waals surface area contributed by atoms with Crippen LogP contribution in [0.15, 0.2) is 42.5 Å². The molecule has 7 heteroatoms. The van der Waals surface area contributed by atoms with Crippen LogP contribution in [0.25, 0.3) is 0 Å². The van der Waals surface area contributed by atoms with Crippen LogP contribution >= 0.6 is 0 Å². The van der Waals surface area contributed by atoms with Gasteiger partial charge in [0, 0.05) is 12.2 Å². The number of nitrogens with one attached hydrogen (secondary N) is 1. The molecule has 1 N–H and O–H groups in total. The summed E-state index contributed by atoms with van der Waals surface area (Å²) in [7, 11) is -3.31. The second-order valence-electron chi connectivity index (χ2n) is 6.26. The zero-order chi connectivity index (χ0) is 18.6. The van der Waals surface area contributed by atoms with Crippen molar-refractivity contribution in [3.63, 3.8) is 0 Å². The number of hydrogen-bond acceptors (Lipinski definition) is 5. The van der Waals surface area contributed by atoms with Crippen LogP contribution in [0.2, 0.25) is 0 Å². The number of ether oxygens (including phenoxy) is 1. The fourth-order valence-electron chi connectivity index (χ4n) is 3.16. The molecule has 0 fully saturated rings. The summed E-state index contributed by atoms with van der Waals surface area (Å²) in [6, 6.07) is 14.9. The molecule has 0 amide bonds. The number of nitriles is 1. The molecule has 1 heterocycles. The van der Waals surface area contributed by atoms with Gasteiger partial charge in [0.25, 0.3) is 0 Å². The fraction of sp³-hybridized carbons (Fsp3) is 0.316. The topological polar surface area (TPSA) is 82.4 Å². The number of hydrogen-bond donors (Lipinski definition) is 1. The molecule has 0 radical (unpaired) electrons. The smallest absolute Gasteiger partial charge is 0.229 e. The molecule has 1 aliphatic heterocycles. The lowest BCUT2D eigenvalue weighted by atomic mass is 10.00. The molecule has 0 bridgehead atoms. The van der Waals surface area contributed by atoms with Crippen LogP contribution in [0, 0.1) is 11.3 Å². The Kier molecular flexibility index (Phi) is 5.33. The van der Waals surface area contributed by atoms with Crippen molar-refractivity contribution in [3.05, 3.63) is 53.6 Å². The van der Waals surface area contributed by atoms with Gasteiger partial charge in [0.15, 0.2) is 0 Å². The third kappa shape index (κ3) is 4.46. The quantitative estimate of drug-likeness (QED) is 0.844. The third-order valence-electron chi connectivity index (χ3n) is 4.24. The van der Waals surface area contributed by atoms with Crippen LogP contribution in [0.1, 0.15) is 17.5 Å². The third-order valence-corrected chi connectivity index (χ3v) is 4.83. The van der Waals surface area contributed by atoms with Crippen molar-refractivity contribution in [3.8, 4) is 11.8 Å². The highest BCUT2D eigenvalue weighted by Gasteiger charge is 2.20. The molecule has 26 heavy (non-hydrogen) atoms. The molecule has 6 nitrogen and oxygen atoms in total. The summed E-state index contributed by atoms with van der Waals surface area (Å²) < 4.78 is 31.5. The molecule has 0 saturated carbocycles. The van der Waals surface area contributed by atoms with Gasteiger partial charge in [-0.2, -0.15) is 5.26 Å². The summed E-state index contributed by atoms with van der Waals surface area (Å²) in [5.74, 6) is 0.675. The zero-order valence-corrected chi connectivity index (χ0v) is 15.4. The predicted octanol–water partition coefficient (Wildman–Crippen LogP) is 2.76. The summed E-state index contributed by atoms with van der Waals surface area (Å²) in [5.41, 5.74) is 3.29. The van der Waals surface area contributed by atoms with Gasteiger partial charge in [-0.1, -0.05) is 12.1 Å². The van der Waals surface area contributed by atoms with Crippen molar-refractivity contribution in [2.75, 3.05) is 35.6 Å². The number of benzene rings is 2. The number of nitrogens with zero attached hydrogens (tertiary/aromatic N) is 2. The Morgan fingerprint density at radius 2 is 2.08 bits per heavy atom. The summed E-state index contributed by atoms with van der Waals surface area (Å²) >= 11 is 0. The summed E-state index contributed by atoms with van der Waals surface area (Å²) in [4.78, 5) is 2.21. The fourth-order valence-corrected chi connectivity index (χ4v) is 3.75. The summed E-state index contributed by atoms with van der Waals surface area (Å²) in [6.07, 6.45) is 2.96. The van der Waals surface area contributed by atoms with Crippen molar-refractivity contribution < 1.29 is 13.2 Å². The Morgan fingerprint density at radius 1 is 1.27 bits per heavy atom. The second-order valence-corrected chi connectivity index (χ2v) is 8.00. The first kappa shape index (κ1) is 18.1. The highest BCUT2D eigenvalue weighted by atomic mass is 32.2. The van der Waals surface area contributed by atoms with E-state index in [2.05, 4.69) is 15.7 Å². The molecular weight excluding hydrogens is 350 g/mol. The van der Waals surface area contributed by atoms with Gasteiger partial charge in [0.2, 0.25) is 10.0 Å². The van der Waals surface area contributed by atoms with Gasteiger partial charge in [-0.05, 0) is 48.7 Å². The molecule has 0 saturated heterocycles. The Balaban J connectivity index is 1.70. The largest absolute Gasteiger partial charge is 0.492 e. The van der Waals surface area contributed by atoms with E-state index in [1.54, 1.807) is 24.3 Å². The van der Waals surface area contributed by atoms with Crippen LogP contribution in [0.5, 0.6) is 5.75 Å². The van der Waals surface area contributed by atoms with Crippen LogP contribution < -0.4 is 14.4 Å². The standard InChI is InChI=1S/C19H21N3O3S/c1-26(23,24)21-18-8-3-9-19-17(18)7-4-10-22(19)11-12-25-16-6-2-5-15(13-16)14-20/h2-3,5-6,8-9,13,21H,4,7,10-12H2,1H3. The molecule has 0 unspecified atom stereocenters. The van der Waals surface area contributed by atoms with E-state index in [4.69, 9.17) is 10.00 Å². The normalized spacial score (nSPS) is 13.6. The van der Waals surface area contributed by atoms with Crippen LogP contribution in [0.3, 0.4) is 0 Å². The first-order valence-corrected chi connectivity index (χ1v) is 10.3. The van der Waals surface area contributed by atoms with Gasteiger partial charge in [-0.15, -0.1) is 0 Å². The zero-order valence-electron chi connectivity index (χ0n) is 14.6. The molecule has 1 aliphatic rings. The minimum Gasteiger partial charge on any atom is -0.492 e. The van der Waals surface area contributed by atoms with Crippen molar-refractivity contribution >= 4 is 21.4 Å². The Hall–Kier alpha value is -2.72. The minimum atomic E-state index is -3.31. The van der Waals surface area contributed by atoms with Crippen LogP contribution in [0.4, 0.5) is 11.4 Å². The van der Waals surface area contributed by atoms with E-state index in [1.807, 2.05) is 18.2 Å². The van der Waals surface area contributed by atoms with E-state index in [0.717, 1.165) is 36.9 Å². The van der Waals surface area contributed by atoms with Crippen molar-refractivity contribution in [1.29, 1.82) is 5.26 Å². The molecule has 136 valence electrons. The molecule has 0 aliphatic carbocycles. The lowest BCUT2D eigenvalue weighted by Gasteiger charge is -2.32. The lowest BCUT2D eigenvalue weighted by molar-refractivity contribution is 0.322. The number of rotatable bonds is 6. The number of fused-ring (bicyclic) bond motifs is 1. The maximum absolute atomic E-state index is 11.6. The van der Waals surface area contributed by atoms with Gasteiger partial charge in [-0.3, -0.25) is 4.72 Å². The number of sulfonamides is 1. The maximum atomic E-state index is 11.6. The van der Waals surface area contributed by atoms with Crippen LogP contribution in [-0.4, -0.2) is 34.4 Å². The minimum absolute atomic E-state index is 0.484. The van der Waals surface area contributed by atoms with E-state index in [0.29, 0.717) is 30.2 Å². The van der Waals surface area contributed by atoms with Crippen LogP contribution in [-0.2, 0) is 16.4 Å². The highest BCUT2D eigenvalue weighted by Crippen LogP contribution is 2.33. The van der Waals surface area contributed by atoms with Gasteiger partial charge < -0.3 is 9.64 Å². The first-order valence-electron chi connectivity index (χ1n) is 8.44. The van der Waals surface area contributed by atoms with Gasteiger partial charge in [0.05, 0.1) is 30.1 Å². The van der Waals surface area contributed by atoms with Crippen molar-refractivity contribution in [2.45, 2.75) is 12.8 Å². The average molecular weight is 371 g/mol. The molecule has 0 spiro atoms. The van der Waals surface area contributed by atoms with E-state index >= 15 is 0 Å². The first-order chi connectivity index (χ1) is 12.5. The maximum Gasteiger partial charge on any atom is 0.229 e. The van der Waals surface area contributed by atoms with Gasteiger partial charge >= 0.3 is 0 Å². The molecule has 2 aromatic rings. The lowest BCUT2D eigenvalue weighted by Crippen LogP contribution is -2.33. The molecule has 0 atom stereocenters. The van der Waals surface area contributed by atoms with E-state index < -0.39 is 10.0 Å². The average Bonchev–Trinajstić information content (AvgIpc) is 2.61. The summed E-state index contributed by atoms with van der Waals surface area (Å²) in [6.45, 7) is 2.07. The Bertz CT molecular complexity index is 935. The highest BCUT2D eigenvalue weighted by molar-refractivity contribution is 7.92. The van der Waals surface area contributed by atoms with Crippen molar-refractivity contribution in [2.24, 2.45) is 0 Å². The second kappa shape index (κ2) is 7.67. The summed E-state index contributed by atoms with van der Waals surface area (Å²) in [5, 5.41) is 8.94. The molecule has 3 rings (SSSR count). The Labute approximate surface area is 154 Å². The Morgan fingerprint density at radius 3 is 2.85 bits per heavy atom. The number of anilines is 2.